The number of benzene rings is 2. The standard InChI is InChI=1S/C22H28N4O5S/c1-3-32(30,31)24-20-9-8-18(14-19(20)22(28)29)26-12-10-25(11-13-26)15-21(27)23-17-6-4-16(2)5-7-17/h4-9,14,24H,3,10-13,15H2,1-2H3,(H,23,27)(H,28,29). The molecule has 3 rings (SSSR count). The van der Waals surface area contributed by atoms with Crippen molar-refractivity contribution in [2.45, 2.75) is 13.8 Å². The third-order valence-corrected chi connectivity index (χ3v) is 6.61. The molecule has 0 aromatic heterocycles. The minimum atomic E-state index is -3.58. The molecule has 0 bridgehead atoms. The van der Waals surface area contributed by atoms with Crippen molar-refractivity contribution in [2.24, 2.45) is 0 Å². The number of piperazine rings is 1. The Labute approximate surface area is 188 Å². The predicted octanol–water partition coefficient (Wildman–Crippen LogP) is 2.22. The van der Waals surface area contributed by atoms with Crippen molar-refractivity contribution in [3.05, 3.63) is 53.6 Å². The summed E-state index contributed by atoms with van der Waals surface area (Å²) in [7, 11) is -3.58. The molecule has 0 saturated carbocycles. The first-order chi connectivity index (χ1) is 15.2. The van der Waals surface area contributed by atoms with E-state index in [0.29, 0.717) is 31.9 Å². The summed E-state index contributed by atoms with van der Waals surface area (Å²) in [5, 5.41) is 12.4. The maximum absolute atomic E-state index is 12.3. The molecule has 2 aromatic rings. The molecule has 1 aliphatic heterocycles. The van der Waals surface area contributed by atoms with E-state index >= 15 is 0 Å². The Morgan fingerprint density at radius 3 is 2.28 bits per heavy atom. The Morgan fingerprint density at radius 1 is 1.03 bits per heavy atom. The van der Waals surface area contributed by atoms with E-state index in [1.807, 2.05) is 41.0 Å². The Morgan fingerprint density at radius 2 is 1.69 bits per heavy atom. The van der Waals surface area contributed by atoms with Crippen LogP contribution in [0.25, 0.3) is 0 Å². The highest BCUT2D eigenvalue weighted by molar-refractivity contribution is 7.92. The van der Waals surface area contributed by atoms with Gasteiger partial charge >= 0.3 is 5.97 Å². The Balaban J connectivity index is 1.59. The zero-order valence-electron chi connectivity index (χ0n) is 18.2. The van der Waals surface area contributed by atoms with Crippen LogP contribution in [0, 0.1) is 6.92 Å². The van der Waals surface area contributed by atoms with Crippen molar-refractivity contribution in [2.75, 3.05) is 53.4 Å². The summed E-state index contributed by atoms with van der Waals surface area (Å²) in [4.78, 5) is 28.1. The van der Waals surface area contributed by atoms with Crippen molar-refractivity contribution in [3.8, 4) is 0 Å². The number of nitrogens with zero attached hydrogens (tertiary/aromatic N) is 2. The molecule has 1 amide bonds. The van der Waals surface area contributed by atoms with Gasteiger partial charge in [-0.15, -0.1) is 0 Å². The second-order valence-electron chi connectivity index (χ2n) is 7.72. The van der Waals surface area contributed by atoms with Gasteiger partial charge in [0.05, 0.1) is 23.5 Å². The molecular formula is C22H28N4O5S. The van der Waals surface area contributed by atoms with Gasteiger partial charge in [0.1, 0.15) is 0 Å². The van der Waals surface area contributed by atoms with Gasteiger partial charge in [-0.3, -0.25) is 14.4 Å². The number of aryl methyl sites for hydroxylation is 1. The van der Waals surface area contributed by atoms with Gasteiger partial charge in [0.15, 0.2) is 0 Å². The number of carboxylic acid groups (broad SMARTS) is 1. The fourth-order valence-electron chi connectivity index (χ4n) is 3.44. The van der Waals surface area contributed by atoms with Crippen molar-refractivity contribution in [1.29, 1.82) is 0 Å². The summed E-state index contributed by atoms with van der Waals surface area (Å²) < 4.78 is 26.0. The fraction of sp³-hybridized carbons (Fsp3) is 0.364. The molecule has 1 heterocycles. The molecule has 2 aromatic carbocycles. The summed E-state index contributed by atoms with van der Waals surface area (Å²) in [5.41, 5.74) is 2.54. The molecule has 0 spiro atoms. The van der Waals surface area contributed by atoms with E-state index in [4.69, 9.17) is 0 Å². The number of hydrogen-bond donors (Lipinski definition) is 3. The number of rotatable bonds is 8. The maximum Gasteiger partial charge on any atom is 0.337 e. The summed E-state index contributed by atoms with van der Waals surface area (Å²) in [6.07, 6.45) is 0. The third kappa shape index (κ3) is 6.21. The molecule has 1 saturated heterocycles. The van der Waals surface area contributed by atoms with E-state index in [1.165, 1.54) is 19.1 Å². The van der Waals surface area contributed by atoms with Crippen LogP contribution >= 0.6 is 0 Å². The summed E-state index contributed by atoms with van der Waals surface area (Å²) in [6.45, 7) is 6.29. The minimum absolute atomic E-state index is 0.0505. The number of amides is 1. The zero-order valence-corrected chi connectivity index (χ0v) is 19.0. The molecule has 32 heavy (non-hydrogen) atoms. The molecular weight excluding hydrogens is 432 g/mol. The average molecular weight is 461 g/mol. The summed E-state index contributed by atoms with van der Waals surface area (Å²) in [5.74, 6) is -1.43. The SMILES string of the molecule is CCS(=O)(=O)Nc1ccc(N2CCN(CC(=O)Nc3ccc(C)cc3)CC2)cc1C(=O)O. The Kier molecular flexibility index (Phi) is 7.37. The molecule has 9 nitrogen and oxygen atoms in total. The van der Waals surface area contributed by atoms with Gasteiger partial charge in [-0.2, -0.15) is 0 Å². The third-order valence-electron chi connectivity index (χ3n) is 5.32. The van der Waals surface area contributed by atoms with Gasteiger partial charge < -0.3 is 15.3 Å². The number of carbonyl (C=O) groups is 2. The van der Waals surface area contributed by atoms with E-state index < -0.39 is 16.0 Å². The second-order valence-corrected chi connectivity index (χ2v) is 9.73. The average Bonchev–Trinajstić information content (AvgIpc) is 2.76. The molecule has 1 aliphatic rings. The lowest BCUT2D eigenvalue weighted by Gasteiger charge is -2.36. The van der Waals surface area contributed by atoms with Crippen LogP contribution in [0.15, 0.2) is 42.5 Å². The van der Waals surface area contributed by atoms with Crippen molar-refractivity contribution >= 4 is 39.0 Å². The van der Waals surface area contributed by atoms with Crippen molar-refractivity contribution in [3.63, 3.8) is 0 Å². The van der Waals surface area contributed by atoms with Crippen LogP contribution in [0.3, 0.4) is 0 Å². The topological polar surface area (TPSA) is 119 Å². The molecule has 172 valence electrons. The predicted molar refractivity (Wildman–Crippen MR) is 125 cm³/mol. The van der Waals surface area contributed by atoms with Crippen LogP contribution in [0.4, 0.5) is 17.1 Å². The Hall–Kier alpha value is -3.11. The number of anilines is 3. The normalized spacial score (nSPS) is 14.8. The maximum atomic E-state index is 12.3. The van der Waals surface area contributed by atoms with Gasteiger partial charge in [0, 0.05) is 37.6 Å². The summed E-state index contributed by atoms with van der Waals surface area (Å²) in [6, 6.07) is 12.3. The number of nitrogens with one attached hydrogen (secondary N) is 2. The molecule has 1 fully saturated rings. The highest BCUT2D eigenvalue weighted by Crippen LogP contribution is 2.25. The van der Waals surface area contributed by atoms with Crippen LogP contribution in [-0.4, -0.2) is 68.8 Å². The lowest BCUT2D eigenvalue weighted by atomic mass is 10.1. The highest BCUT2D eigenvalue weighted by atomic mass is 32.2. The van der Waals surface area contributed by atoms with Crippen LogP contribution in [0.2, 0.25) is 0 Å². The second kappa shape index (κ2) is 10.0. The molecule has 10 heteroatoms. The molecule has 0 unspecified atom stereocenters. The fourth-order valence-corrected chi connectivity index (χ4v) is 4.10. The number of sulfonamides is 1. The van der Waals surface area contributed by atoms with Crippen LogP contribution in [-0.2, 0) is 14.8 Å². The quantitative estimate of drug-likeness (QED) is 0.553. The van der Waals surface area contributed by atoms with E-state index in [0.717, 1.165) is 11.3 Å². The monoisotopic (exact) mass is 460 g/mol. The van der Waals surface area contributed by atoms with Gasteiger partial charge in [-0.1, -0.05) is 17.7 Å². The van der Waals surface area contributed by atoms with E-state index in [9.17, 15) is 23.1 Å². The number of hydrogen-bond acceptors (Lipinski definition) is 6. The smallest absolute Gasteiger partial charge is 0.337 e. The molecule has 3 N–H and O–H groups in total. The largest absolute Gasteiger partial charge is 0.478 e. The summed E-state index contributed by atoms with van der Waals surface area (Å²) >= 11 is 0. The van der Waals surface area contributed by atoms with Crippen LogP contribution in [0.1, 0.15) is 22.8 Å². The lowest BCUT2D eigenvalue weighted by molar-refractivity contribution is -0.117. The van der Waals surface area contributed by atoms with Gasteiger partial charge in [0.2, 0.25) is 15.9 Å². The highest BCUT2D eigenvalue weighted by Gasteiger charge is 2.22. The van der Waals surface area contributed by atoms with Gasteiger partial charge in [-0.05, 0) is 44.2 Å². The van der Waals surface area contributed by atoms with Gasteiger partial charge in [-0.25, -0.2) is 13.2 Å². The number of aromatic carboxylic acids is 1. The number of carboxylic acids is 1. The van der Waals surface area contributed by atoms with Crippen molar-refractivity contribution in [1.82, 2.24) is 4.90 Å². The van der Waals surface area contributed by atoms with Crippen LogP contribution < -0.4 is 14.9 Å². The minimum Gasteiger partial charge on any atom is -0.478 e. The number of carbonyl (C=O) groups excluding carboxylic acids is 1. The van der Waals surface area contributed by atoms with E-state index in [-0.39, 0.29) is 29.5 Å². The first-order valence-corrected chi connectivity index (χ1v) is 12.0. The lowest BCUT2D eigenvalue weighted by Crippen LogP contribution is -2.48. The van der Waals surface area contributed by atoms with Crippen LogP contribution in [0.5, 0.6) is 0 Å². The van der Waals surface area contributed by atoms with E-state index in [1.54, 1.807) is 6.07 Å². The Bertz CT molecular complexity index is 1080. The first-order valence-electron chi connectivity index (χ1n) is 10.4. The first kappa shape index (κ1) is 23.6. The molecule has 0 atom stereocenters. The zero-order chi connectivity index (χ0) is 23.3. The molecule has 0 radical (unpaired) electrons. The van der Waals surface area contributed by atoms with Crippen molar-refractivity contribution < 1.29 is 23.1 Å². The van der Waals surface area contributed by atoms with E-state index in [2.05, 4.69) is 10.0 Å². The molecule has 0 aliphatic carbocycles. The van der Waals surface area contributed by atoms with Gasteiger partial charge in [0.25, 0.3) is 0 Å².